The maximum Gasteiger partial charge on any atom is 0.239 e. The first kappa shape index (κ1) is 16.0. The molecule has 0 radical (unpaired) electrons. The Morgan fingerprint density at radius 2 is 2.16 bits per heavy atom. The minimum Gasteiger partial charge on any atom is -0.389 e. The fourth-order valence-electron chi connectivity index (χ4n) is 1.94. The Labute approximate surface area is 122 Å². The van der Waals surface area contributed by atoms with Gasteiger partial charge in [-0.2, -0.15) is 0 Å². The summed E-state index contributed by atoms with van der Waals surface area (Å²) in [6, 6.07) is 5.73. The van der Waals surface area contributed by atoms with E-state index < -0.39 is 6.10 Å². The molecule has 0 heterocycles. The summed E-state index contributed by atoms with van der Waals surface area (Å²) >= 11 is 3.40. The second-order valence-electron chi connectivity index (χ2n) is 4.35. The van der Waals surface area contributed by atoms with Gasteiger partial charge in [-0.15, -0.1) is 0 Å². The van der Waals surface area contributed by atoms with E-state index in [4.69, 9.17) is 0 Å². The number of amides is 1. The molecule has 0 aliphatic heterocycles. The van der Waals surface area contributed by atoms with Crippen LogP contribution < -0.4 is 10.2 Å². The zero-order valence-electron chi connectivity index (χ0n) is 11.6. The van der Waals surface area contributed by atoms with Gasteiger partial charge < -0.3 is 15.3 Å². The number of anilines is 1. The monoisotopic (exact) mass is 328 g/mol. The number of carbonyl (C=O) groups excluding carboxylic acids is 1. The molecule has 1 aromatic carbocycles. The van der Waals surface area contributed by atoms with Gasteiger partial charge >= 0.3 is 0 Å². The Morgan fingerprint density at radius 1 is 1.47 bits per heavy atom. The predicted molar refractivity (Wildman–Crippen MR) is 81.3 cm³/mol. The minimum atomic E-state index is -0.573. The van der Waals surface area contributed by atoms with Crippen LogP contribution in [0.15, 0.2) is 22.7 Å². The Kier molecular flexibility index (Phi) is 6.31. The number of halogens is 1. The van der Waals surface area contributed by atoms with Crippen LogP contribution >= 0.6 is 15.9 Å². The van der Waals surface area contributed by atoms with Crippen LogP contribution in [-0.4, -0.2) is 30.6 Å². The first-order valence-electron chi connectivity index (χ1n) is 6.48. The van der Waals surface area contributed by atoms with E-state index in [1.54, 1.807) is 6.92 Å². The molecule has 0 bridgehead atoms. The lowest BCUT2D eigenvalue weighted by molar-refractivity contribution is -0.119. The van der Waals surface area contributed by atoms with Gasteiger partial charge in [0.25, 0.3) is 0 Å². The summed E-state index contributed by atoms with van der Waals surface area (Å²) in [5.74, 6) is -0.0104. The predicted octanol–water partition coefficient (Wildman–Crippen LogP) is 2.46. The maximum absolute atomic E-state index is 11.7. The molecule has 4 nitrogen and oxygen atoms in total. The molecule has 1 atom stereocenters. The van der Waals surface area contributed by atoms with Gasteiger partial charge in [0, 0.05) is 28.8 Å². The third-order valence-electron chi connectivity index (χ3n) is 2.87. The number of carbonyl (C=O) groups is 1. The second kappa shape index (κ2) is 7.50. The quantitative estimate of drug-likeness (QED) is 0.843. The molecule has 19 heavy (non-hydrogen) atoms. The van der Waals surface area contributed by atoms with E-state index in [1.165, 1.54) is 0 Å². The number of rotatable bonds is 6. The fourth-order valence-corrected chi connectivity index (χ4v) is 2.32. The Morgan fingerprint density at radius 3 is 2.68 bits per heavy atom. The maximum atomic E-state index is 11.7. The van der Waals surface area contributed by atoms with Crippen molar-refractivity contribution in [1.29, 1.82) is 0 Å². The van der Waals surface area contributed by atoms with E-state index in [0.717, 1.165) is 15.7 Å². The van der Waals surface area contributed by atoms with Crippen LogP contribution in [-0.2, 0) is 4.79 Å². The Balaban J connectivity index is 3.00. The topological polar surface area (TPSA) is 52.6 Å². The highest BCUT2D eigenvalue weighted by molar-refractivity contribution is 9.10. The van der Waals surface area contributed by atoms with Crippen molar-refractivity contribution in [3.05, 3.63) is 28.2 Å². The van der Waals surface area contributed by atoms with E-state index in [9.17, 15) is 9.90 Å². The summed E-state index contributed by atoms with van der Waals surface area (Å²) in [6.45, 7) is 7.25. The number of benzene rings is 1. The molecule has 0 spiro atoms. The van der Waals surface area contributed by atoms with Crippen molar-refractivity contribution in [2.45, 2.75) is 26.9 Å². The van der Waals surface area contributed by atoms with Crippen molar-refractivity contribution < 1.29 is 9.90 Å². The van der Waals surface area contributed by atoms with Gasteiger partial charge in [0.1, 0.15) is 0 Å². The van der Waals surface area contributed by atoms with E-state index in [0.29, 0.717) is 19.6 Å². The van der Waals surface area contributed by atoms with Crippen LogP contribution in [0.1, 0.15) is 32.4 Å². The normalized spacial score (nSPS) is 12.1. The smallest absolute Gasteiger partial charge is 0.239 e. The molecule has 5 heteroatoms. The average Bonchev–Trinajstić information content (AvgIpc) is 2.36. The molecule has 0 saturated heterocycles. The highest BCUT2D eigenvalue weighted by atomic mass is 79.9. The lowest BCUT2D eigenvalue weighted by Crippen LogP contribution is -2.37. The number of nitrogens with one attached hydrogen (secondary N) is 1. The SMILES string of the molecule is CCNC(=O)CN(CC)c1ccc(Br)cc1C(C)O. The minimum absolute atomic E-state index is 0.0104. The number of hydrogen-bond acceptors (Lipinski definition) is 3. The van der Waals surface area contributed by atoms with Crippen LogP contribution in [0, 0.1) is 0 Å². The molecule has 0 aliphatic carbocycles. The van der Waals surface area contributed by atoms with Crippen molar-refractivity contribution >= 4 is 27.5 Å². The largest absolute Gasteiger partial charge is 0.389 e. The molecule has 106 valence electrons. The zero-order valence-corrected chi connectivity index (χ0v) is 13.2. The van der Waals surface area contributed by atoms with Crippen molar-refractivity contribution in [2.24, 2.45) is 0 Å². The van der Waals surface area contributed by atoms with Crippen molar-refractivity contribution in [3.8, 4) is 0 Å². The Bertz CT molecular complexity index is 435. The molecule has 1 aromatic rings. The molecule has 1 unspecified atom stereocenters. The highest BCUT2D eigenvalue weighted by Crippen LogP contribution is 2.29. The first-order chi connectivity index (χ1) is 8.99. The van der Waals surface area contributed by atoms with Gasteiger partial charge in [-0.3, -0.25) is 4.79 Å². The molecule has 2 N–H and O–H groups in total. The second-order valence-corrected chi connectivity index (χ2v) is 5.26. The first-order valence-corrected chi connectivity index (χ1v) is 7.28. The summed E-state index contributed by atoms with van der Waals surface area (Å²) in [7, 11) is 0. The summed E-state index contributed by atoms with van der Waals surface area (Å²) in [5, 5.41) is 12.7. The lowest BCUT2D eigenvalue weighted by Gasteiger charge is -2.26. The third kappa shape index (κ3) is 4.51. The highest BCUT2D eigenvalue weighted by Gasteiger charge is 2.16. The fraction of sp³-hybridized carbons (Fsp3) is 0.500. The summed E-state index contributed by atoms with van der Waals surface area (Å²) < 4.78 is 0.918. The molecule has 0 aromatic heterocycles. The van der Waals surface area contributed by atoms with Crippen LogP contribution in [0.2, 0.25) is 0 Å². The van der Waals surface area contributed by atoms with Gasteiger partial charge in [0.15, 0.2) is 0 Å². The third-order valence-corrected chi connectivity index (χ3v) is 3.36. The molecule has 0 fully saturated rings. The number of nitrogens with zero attached hydrogens (tertiary/aromatic N) is 1. The van der Waals surface area contributed by atoms with E-state index in [-0.39, 0.29) is 5.91 Å². The van der Waals surface area contributed by atoms with E-state index in [2.05, 4.69) is 21.2 Å². The standard InChI is InChI=1S/C14H21BrN2O2/c1-4-16-14(19)9-17(5-2)13-7-6-11(15)8-12(13)10(3)18/h6-8,10,18H,4-5,9H2,1-3H3,(H,16,19). The number of likely N-dealkylation sites (N-methyl/N-ethyl adjacent to an activating group) is 2. The van der Waals surface area contributed by atoms with Crippen LogP contribution in [0.3, 0.4) is 0 Å². The van der Waals surface area contributed by atoms with Crippen LogP contribution in [0.25, 0.3) is 0 Å². The lowest BCUT2D eigenvalue weighted by atomic mass is 10.1. The van der Waals surface area contributed by atoms with Crippen LogP contribution in [0.4, 0.5) is 5.69 Å². The summed E-state index contributed by atoms with van der Waals surface area (Å²) in [5.41, 5.74) is 1.72. The van der Waals surface area contributed by atoms with Crippen molar-refractivity contribution in [2.75, 3.05) is 24.5 Å². The van der Waals surface area contributed by atoms with Gasteiger partial charge in [-0.05, 0) is 39.0 Å². The van der Waals surface area contributed by atoms with Gasteiger partial charge in [-0.1, -0.05) is 15.9 Å². The van der Waals surface area contributed by atoms with Crippen molar-refractivity contribution in [3.63, 3.8) is 0 Å². The van der Waals surface area contributed by atoms with Crippen LogP contribution in [0.5, 0.6) is 0 Å². The zero-order chi connectivity index (χ0) is 14.4. The number of aliphatic hydroxyl groups excluding tert-OH is 1. The van der Waals surface area contributed by atoms with E-state index in [1.807, 2.05) is 36.9 Å². The van der Waals surface area contributed by atoms with Gasteiger partial charge in [0.05, 0.1) is 12.6 Å². The Hall–Kier alpha value is -1.07. The van der Waals surface area contributed by atoms with Gasteiger partial charge in [0.2, 0.25) is 5.91 Å². The summed E-state index contributed by atoms with van der Waals surface area (Å²) in [4.78, 5) is 13.7. The summed E-state index contributed by atoms with van der Waals surface area (Å²) in [6.07, 6.45) is -0.573. The molecule has 0 aliphatic rings. The molecular formula is C14H21BrN2O2. The molecule has 0 saturated carbocycles. The molecule has 1 rings (SSSR count). The molecule has 1 amide bonds. The molecular weight excluding hydrogens is 308 g/mol. The number of hydrogen-bond donors (Lipinski definition) is 2. The van der Waals surface area contributed by atoms with Gasteiger partial charge in [-0.25, -0.2) is 0 Å². The number of aliphatic hydroxyl groups is 1. The average molecular weight is 329 g/mol. The van der Waals surface area contributed by atoms with Crippen molar-refractivity contribution in [1.82, 2.24) is 5.32 Å². The van der Waals surface area contributed by atoms with E-state index >= 15 is 0 Å².